The lowest BCUT2D eigenvalue weighted by Gasteiger charge is -2.14. The van der Waals surface area contributed by atoms with Gasteiger partial charge in [-0.05, 0) is 42.5 Å². The van der Waals surface area contributed by atoms with Crippen molar-refractivity contribution in [3.63, 3.8) is 0 Å². The average Bonchev–Trinajstić information content (AvgIpc) is 2.69. The molecule has 2 rings (SSSR count). The van der Waals surface area contributed by atoms with Crippen LogP contribution >= 0.6 is 11.8 Å². The zero-order valence-corrected chi connectivity index (χ0v) is 16.5. The van der Waals surface area contributed by atoms with Crippen molar-refractivity contribution in [3.05, 3.63) is 58.9 Å². The van der Waals surface area contributed by atoms with Crippen LogP contribution in [0.15, 0.2) is 40.2 Å². The Hall–Kier alpha value is -2.68. The smallest absolute Gasteiger partial charge is 0.243 e. The summed E-state index contributed by atoms with van der Waals surface area (Å²) in [5.41, 5.74) is 1.81. The highest BCUT2D eigenvalue weighted by Crippen LogP contribution is 2.21. The molecule has 0 aliphatic rings. The first-order valence-electron chi connectivity index (χ1n) is 8.37. The lowest BCUT2D eigenvalue weighted by Crippen LogP contribution is -2.41. The molecular weight excluding hydrogens is 389 g/mol. The van der Waals surface area contributed by atoms with Gasteiger partial charge in [0.05, 0.1) is 12.2 Å². The Morgan fingerprint density at radius 2 is 1.86 bits per heavy atom. The Labute approximate surface area is 165 Å². The van der Waals surface area contributed by atoms with Crippen molar-refractivity contribution in [1.29, 1.82) is 0 Å². The number of carbonyl (C=O) groups is 1. The van der Waals surface area contributed by atoms with E-state index in [1.807, 2.05) is 25.3 Å². The van der Waals surface area contributed by atoms with Crippen molar-refractivity contribution in [2.45, 2.75) is 18.4 Å². The summed E-state index contributed by atoms with van der Waals surface area (Å²) >= 11 is 1.63. The maximum Gasteiger partial charge on any atom is 0.243 e. The second-order valence-electron chi connectivity index (χ2n) is 5.87. The SMILES string of the molecule is CN=C(NCC(=O)Nc1ccc(F)c(F)c1F)NCc1ccc(C)cc1SC. The Morgan fingerprint density at radius 1 is 1.11 bits per heavy atom. The number of nitrogens with one attached hydrogen (secondary N) is 3. The van der Waals surface area contributed by atoms with Crippen LogP contribution in [0.4, 0.5) is 18.9 Å². The number of nitrogens with zero attached hydrogens (tertiary/aromatic N) is 1. The molecule has 1 amide bonds. The van der Waals surface area contributed by atoms with E-state index < -0.39 is 29.0 Å². The minimum absolute atomic E-state index is 0.235. The first-order valence-corrected chi connectivity index (χ1v) is 9.59. The Morgan fingerprint density at radius 3 is 2.54 bits per heavy atom. The van der Waals surface area contributed by atoms with Gasteiger partial charge in [0.2, 0.25) is 5.91 Å². The highest BCUT2D eigenvalue weighted by Gasteiger charge is 2.15. The molecule has 2 aromatic carbocycles. The van der Waals surface area contributed by atoms with E-state index in [-0.39, 0.29) is 6.54 Å². The van der Waals surface area contributed by atoms with Gasteiger partial charge in [0.1, 0.15) is 0 Å². The molecule has 0 aliphatic heterocycles. The quantitative estimate of drug-likeness (QED) is 0.295. The van der Waals surface area contributed by atoms with Gasteiger partial charge >= 0.3 is 0 Å². The predicted molar refractivity (Wildman–Crippen MR) is 106 cm³/mol. The molecule has 0 spiro atoms. The molecule has 5 nitrogen and oxygen atoms in total. The third-order valence-electron chi connectivity index (χ3n) is 3.84. The molecule has 2 aromatic rings. The fourth-order valence-corrected chi connectivity index (χ4v) is 3.08. The van der Waals surface area contributed by atoms with E-state index >= 15 is 0 Å². The number of hydrogen-bond acceptors (Lipinski definition) is 3. The van der Waals surface area contributed by atoms with E-state index in [0.717, 1.165) is 28.2 Å². The number of thioether (sulfide) groups is 1. The summed E-state index contributed by atoms with van der Waals surface area (Å²) in [7, 11) is 1.55. The van der Waals surface area contributed by atoms with Crippen molar-refractivity contribution >= 4 is 29.3 Å². The maximum atomic E-state index is 13.6. The average molecular weight is 410 g/mol. The molecule has 9 heteroatoms. The van der Waals surface area contributed by atoms with Crippen molar-refractivity contribution in [2.75, 3.05) is 25.2 Å². The minimum atomic E-state index is -1.63. The molecule has 150 valence electrons. The largest absolute Gasteiger partial charge is 0.352 e. The summed E-state index contributed by atoms with van der Waals surface area (Å²) in [6.45, 7) is 2.28. The lowest BCUT2D eigenvalue weighted by atomic mass is 10.1. The zero-order valence-electron chi connectivity index (χ0n) is 15.7. The number of aliphatic imine (C=N–C) groups is 1. The van der Waals surface area contributed by atoms with Gasteiger partial charge in [0.15, 0.2) is 23.4 Å². The summed E-state index contributed by atoms with van der Waals surface area (Å²) in [6.07, 6.45) is 1.99. The fourth-order valence-electron chi connectivity index (χ4n) is 2.38. The molecule has 0 aromatic heterocycles. The Bertz CT molecular complexity index is 890. The summed E-state index contributed by atoms with van der Waals surface area (Å²) < 4.78 is 39.8. The molecule has 0 atom stereocenters. The predicted octanol–water partition coefficient (Wildman–Crippen LogP) is 3.44. The lowest BCUT2D eigenvalue weighted by molar-refractivity contribution is -0.115. The van der Waals surface area contributed by atoms with Crippen molar-refractivity contribution in [3.8, 4) is 0 Å². The molecule has 0 saturated carbocycles. The number of guanidine groups is 1. The number of benzene rings is 2. The van der Waals surface area contributed by atoms with Crippen LogP contribution in [0.2, 0.25) is 0 Å². The number of hydrogen-bond donors (Lipinski definition) is 3. The van der Waals surface area contributed by atoms with Crippen LogP contribution in [0, 0.1) is 24.4 Å². The number of carbonyl (C=O) groups excluding carboxylic acids is 1. The van der Waals surface area contributed by atoms with Crippen LogP contribution in [0.1, 0.15) is 11.1 Å². The van der Waals surface area contributed by atoms with E-state index in [9.17, 15) is 18.0 Å². The number of aryl methyl sites for hydroxylation is 1. The summed E-state index contributed by atoms with van der Waals surface area (Å²) in [6, 6.07) is 7.81. The van der Waals surface area contributed by atoms with Crippen molar-refractivity contribution in [2.24, 2.45) is 4.99 Å². The van der Waals surface area contributed by atoms with Crippen LogP contribution in [0.3, 0.4) is 0 Å². The van der Waals surface area contributed by atoms with Crippen LogP contribution in [0.25, 0.3) is 0 Å². The zero-order chi connectivity index (χ0) is 20.7. The second-order valence-corrected chi connectivity index (χ2v) is 6.71. The van der Waals surface area contributed by atoms with Gasteiger partial charge in [0, 0.05) is 18.5 Å². The van der Waals surface area contributed by atoms with E-state index in [0.29, 0.717) is 12.5 Å². The van der Waals surface area contributed by atoms with Crippen LogP contribution in [0.5, 0.6) is 0 Å². The third-order valence-corrected chi connectivity index (χ3v) is 4.66. The highest BCUT2D eigenvalue weighted by molar-refractivity contribution is 7.98. The normalized spacial score (nSPS) is 11.3. The van der Waals surface area contributed by atoms with Crippen LogP contribution in [-0.4, -0.2) is 31.7 Å². The molecule has 0 saturated heterocycles. The first-order chi connectivity index (χ1) is 13.3. The molecular formula is C19H21F3N4OS. The van der Waals surface area contributed by atoms with Gasteiger partial charge in [-0.3, -0.25) is 9.79 Å². The second kappa shape index (κ2) is 10.0. The van der Waals surface area contributed by atoms with Gasteiger partial charge < -0.3 is 16.0 Å². The molecule has 0 unspecified atom stereocenters. The molecule has 0 bridgehead atoms. The Balaban J connectivity index is 1.90. The van der Waals surface area contributed by atoms with E-state index in [1.54, 1.807) is 18.8 Å². The molecule has 0 fully saturated rings. The van der Waals surface area contributed by atoms with E-state index in [2.05, 4.69) is 27.0 Å². The standard InChI is InChI=1S/C19H21F3N4OS/c1-11-4-5-12(15(8-11)28-3)9-24-19(23-2)25-10-16(27)26-14-7-6-13(20)17(21)18(14)22/h4-8H,9-10H2,1-3H3,(H,26,27)(H2,23,24,25). The molecule has 0 aliphatic carbocycles. The summed E-state index contributed by atoms with van der Waals surface area (Å²) in [5, 5.41) is 8.06. The van der Waals surface area contributed by atoms with Gasteiger partial charge in [-0.2, -0.15) is 0 Å². The summed E-state index contributed by atoms with van der Waals surface area (Å²) in [4.78, 5) is 17.1. The van der Waals surface area contributed by atoms with Gasteiger partial charge in [-0.15, -0.1) is 11.8 Å². The minimum Gasteiger partial charge on any atom is -0.352 e. The first kappa shape index (κ1) is 21.6. The van der Waals surface area contributed by atoms with Crippen LogP contribution < -0.4 is 16.0 Å². The monoisotopic (exact) mass is 410 g/mol. The van der Waals surface area contributed by atoms with Gasteiger partial charge in [-0.1, -0.05) is 12.1 Å². The summed E-state index contributed by atoms with van der Waals surface area (Å²) in [5.74, 6) is -4.66. The van der Waals surface area contributed by atoms with Crippen molar-refractivity contribution in [1.82, 2.24) is 10.6 Å². The number of halogens is 3. The molecule has 0 radical (unpaired) electrons. The highest BCUT2D eigenvalue weighted by atomic mass is 32.2. The van der Waals surface area contributed by atoms with E-state index in [1.165, 1.54) is 0 Å². The third kappa shape index (κ3) is 5.66. The Kier molecular flexibility index (Phi) is 7.74. The van der Waals surface area contributed by atoms with Crippen molar-refractivity contribution < 1.29 is 18.0 Å². The number of anilines is 1. The molecule has 28 heavy (non-hydrogen) atoms. The number of rotatable bonds is 6. The van der Waals surface area contributed by atoms with Gasteiger partial charge in [-0.25, -0.2) is 13.2 Å². The molecule has 0 heterocycles. The maximum absolute atomic E-state index is 13.6. The topological polar surface area (TPSA) is 65.5 Å². The van der Waals surface area contributed by atoms with Gasteiger partial charge in [0.25, 0.3) is 0 Å². The fraction of sp³-hybridized carbons (Fsp3) is 0.263. The number of amides is 1. The van der Waals surface area contributed by atoms with E-state index in [4.69, 9.17) is 0 Å². The van der Waals surface area contributed by atoms with Crippen LogP contribution in [-0.2, 0) is 11.3 Å². The molecule has 3 N–H and O–H groups in total.